The molecular weight excluding hydrogens is 749 g/mol. The smallest absolute Gasteiger partial charge is 0.164 e. The van der Waals surface area contributed by atoms with Crippen molar-refractivity contribution in [3.63, 3.8) is 0 Å². The molecule has 0 N–H and O–H groups in total. The van der Waals surface area contributed by atoms with Crippen LogP contribution in [-0.4, -0.2) is 19.9 Å². The number of rotatable bonds is 5. The number of aromatic nitrogens is 4. The second-order valence-electron chi connectivity index (χ2n) is 14.9. The third-order valence-electron chi connectivity index (χ3n) is 11.6. The van der Waals surface area contributed by atoms with Crippen molar-refractivity contribution < 1.29 is 0 Å². The number of thioether (sulfide) groups is 1. The molecule has 0 bridgehead atoms. The van der Waals surface area contributed by atoms with Gasteiger partial charge in [-0.3, -0.25) is 4.98 Å². The van der Waals surface area contributed by atoms with E-state index in [-0.39, 0.29) is 0 Å². The molecule has 282 valence electrons. The Morgan fingerprint density at radius 2 is 0.950 bits per heavy atom. The molecule has 1 spiro atoms. The van der Waals surface area contributed by atoms with E-state index in [0.717, 1.165) is 61.0 Å². The van der Waals surface area contributed by atoms with Crippen LogP contribution in [0.4, 0.5) is 0 Å². The number of hydrogen-bond acceptors (Lipinski definition) is 5. The molecular formula is C55H36N4S. The first-order valence-electron chi connectivity index (χ1n) is 20.1. The summed E-state index contributed by atoms with van der Waals surface area (Å²) in [7, 11) is 0. The molecule has 60 heavy (non-hydrogen) atoms. The predicted molar refractivity (Wildman–Crippen MR) is 247 cm³/mol. The molecule has 5 heteroatoms. The molecule has 7 aromatic carbocycles. The van der Waals surface area contributed by atoms with Gasteiger partial charge in [-0.05, 0) is 62.0 Å². The average molecular weight is 785 g/mol. The van der Waals surface area contributed by atoms with Crippen molar-refractivity contribution in [3.8, 4) is 67.5 Å². The maximum absolute atomic E-state index is 5.31. The van der Waals surface area contributed by atoms with Crippen LogP contribution in [0.15, 0.2) is 223 Å². The van der Waals surface area contributed by atoms with Gasteiger partial charge in [0.15, 0.2) is 17.5 Å². The fraction of sp³-hybridized carbons (Fsp3) is 0.0182. The van der Waals surface area contributed by atoms with Gasteiger partial charge in [0, 0.05) is 38.7 Å². The third kappa shape index (κ3) is 5.93. The lowest BCUT2D eigenvalue weighted by Crippen LogP contribution is -2.25. The van der Waals surface area contributed by atoms with Gasteiger partial charge in [-0.25, -0.2) is 15.0 Å². The molecule has 2 aromatic heterocycles. The number of nitrogens with zero attached hydrogens (tertiary/aromatic N) is 4. The fourth-order valence-corrected chi connectivity index (χ4v) is 9.81. The lowest BCUT2D eigenvalue weighted by atomic mass is 9.71. The zero-order chi connectivity index (χ0) is 39.9. The molecule has 0 radical (unpaired) electrons. The van der Waals surface area contributed by atoms with Crippen LogP contribution in [-0.2, 0) is 5.41 Å². The van der Waals surface area contributed by atoms with E-state index in [0.29, 0.717) is 17.5 Å². The first kappa shape index (κ1) is 35.7. The van der Waals surface area contributed by atoms with Crippen molar-refractivity contribution in [1.82, 2.24) is 19.9 Å². The Labute approximate surface area is 353 Å². The number of allylic oxidation sites excluding steroid dienone is 5. The molecule has 3 heterocycles. The summed E-state index contributed by atoms with van der Waals surface area (Å²) < 4.78 is 0. The van der Waals surface area contributed by atoms with E-state index in [1.54, 1.807) is 11.8 Å². The topological polar surface area (TPSA) is 51.6 Å². The molecule has 11 rings (SSSR count). The van der Waals surface area contributed by atoms with Crippen molar-refractivity contribution >= 4 is 22.7 Å². The van der Waals surface area contributed by atoms with Gasteiger partial charge in [0.2, 0.25) is 0 Å². The van der Waals surface area contributed by atoms with Gasteiger partial charge in [0.05, 0.1) is 10.9 Å². The van der Waals surface area contributed by atoms with Gasteiger partial charge >= 0.3 is 0 Å². The van der Waals surface area contributed by atoms with E-state index in [4.69, 9.17) is 19.9 Å². The Morgan fingerprint density at radius 1 is 0.383 bits per heavy atom. The Hall–Kier alpha value is -7.47. The SMILES string of the molecule is C1=C\C=C\C2(c3ccccc3S/C=C/1)c1cccc(-c3nc(-c4ccccc4)nc(-c4ccccc4)n3)c1-c1c(-c3ccc(-c4ccccc4)c4cccnc34)cccc12. The predicted octanol–water partition coefficient (Wildman–Crippen LogP) is 13.8. The summed E-state index contributed by atoms with van der Waals surface area (Å²) in [5.74, 6) is 1.87. The average Bonchev–Trinajstić information content (AvgIpc) is 3.62. The second-order valence-corrected chi connectivity index (χ2v) is 15.9. The first-order chi connectivity index (χ1) is 29.8. The second kappa shape index (κ2) is 15.0. The monoisotopic (exact) mass is 784 g/mol. The van der Waals surface area contributed by atoms with Crippen LogP contribution in [0.5, 0.6) is 0 Å². The minimum Gasteiger partial charge on any atom is -0.256 e. The van der Waals surface area contributed by atoms with Gasteiger partial charge in [-0.2, -0.15) is 0 Å². The third-order valence-corrected chi connectivity index (χ3v) is 12.5. The molecule has 1 aliphatic carbocycles. The highest BCUT2D eigenvalue weighted by molar-refractivity contribution is 8.02. The highest BCUT2D eigenvalue weighted by Gasteiger charge is 2.46. The van der Waals surface area contributed by atoms with Crippen LogP contribution in [0, 0.1) is 0 Å². The molecule has 1 unspecified atom stereocenters. The molecule has 4 nitrogen and oxygen atoms in total. The van der Waals surface area contributed by atoms with Crippen LogP contribution >= 0.6 is 11.8 Å². The summed E-state index contributed by atoms with van der Waals surface area (Å²) in [5.41, 5.74) is 13.4. The summed E-state index contributed by atoms with van der Waals surface area (Å²) in [4.78, 5) is 22.0. The Bertz CT molecular complexity index is 3120. The van der Waals surface area contributed by atoms with Crippen LogP contribution in [0.2, 0.25) is 0 Å². The molecule has 1 atom stereocenters. The number of pyridine rings is 1. The van der Waals surface area contributed by atoms with Crippen LogP contribution in [0.25, 0.3) is 78.4 Å². The minimum atomic E-state index is -0.652. The normalized spacial score (nSPS) is 16.7. The van der Waals surface area contributed by atoms with E-state index in [2.05, 4.69) is 169 Å². The van der Waals surface area contributed by atoms with Crippen LogP contribution in [0.3, 0.4) is 0 Å². The summed E-state index contributed by atoms with van der Waals surface area (Å²) in [6.07, 6.45) is 12.8. The van der Waals surface area contributed by atoms with Gasteiger partial charge in [0.25, 0.3) is 0 Å². The quantitative estimate of drug-likeness (QED) is 0.174. The Morgan fingerprint density at radius 3 is 1.67 bits per heavy atom. The molecule has 9 aromatic rings. The minimum absolute atomic E-state index is 0.620. The number of fused-ring (bicyclic) bond motifs is 8. The van der Waals surface area contributed by atoms with Gasteiger partial charge < -0.3 is 0 Å². The number of benzene rings is 7. The molecule has 1 aliphatic heterocycles. The van der Waals surface area contributed by atoms with E-state index in [9.17, 15) is 0 Å². The van der Waals surface area contributed by atoms with E-state index in [1.807, 2.05) is 48.7 Å². The lowest BCUT2D eigenvalue weighted by molar-refractivity contribution is 0.783. The van der Waals surface area contributed by atoms with Gasteiger partial charge in [-0.1, -0.05) is 206 Å². The Balaban J connectivity index is 1.25. The zero-order valence-corrected chi connectivity index (χ0v) is 33.3. The van der Waals surface area contributed by atoms with E-state index < -0.39 is 5.41 Å². The van der Waals surface area contributed by atoms with Crippen molar-refractivity contribution in [2.24, 2.45) is 0 Å². The van der Waals surface area contributed by atoms with Crippen molar-refractivity contribution in [3.05, 3.63) is 235 Å². The fourth-order valence-electron chi connectivity index (χ4n) is 8.99. The molecule has 2 aliphatic rings. The largest absolute Gasteiger partial charge is 0.256 e. The molecule has 0 saturated carbocycles. The van der Waals surface area contributed by atoms with Crippen LogP contribution in [0.1, 0.15) is 16.7 Å². The van der Waals surface area contributed by atoms with E-state index in [1.165, 1.54) is 21.6 Å². The summed E-state index contributed by atoms with van der Waals surface area (Å²) in [5, 5.41) is 3.27. The standard InChI is InChI=1S/C55H36N4S/c1-2-15-36-60-48-31-13-12-28-45(48)55(34-14-1)46-29-16-25-41(43-33-32-40(37-19-6-3-7-20-37)42-27-18-35-56-51(42)43)49(46)50-44(26-17-30-47(50)55)54-58-52(38-21-8-4-9-22-38)57-53(59-54)39-23-10-5-11-24-39/h1-36H/b2-1-,34-14+,36-15+. The van der Waals surface area contributed by atoms with Gasteiger partial charge in [-0.15, -0.1) is 0 Å². The molecule has 0 saturated heterocycles. The summed E-state index contributed by atoms with van der Waals surface area (Å²) >= 11 is 1.75. The zero-order valence-electron chi connectivity index (χ0n) is 32.5. The van der Waals surface area contributed by atoms with Gasteiger partial charge in [0.1, 0.15) is 0 Å². The van der Waals surface area contributed by atoms with Crippen LogP contribution < -0.4 is 0 Å². The van der Waals surface area contributed by atoms with Crippen molar-refractivity contribution in [2.45, 2.75) is 10.3 Å². The maximum atomic E-state index is 5.31. The first-order valence-corrected chi connectivity index (χ1v) is 21.0. The molecule has 0 fully saturated rings. The molecule has 0 amide bonds. The van der Waals surface area contributed by atoms with Crippen molar-refractivity contribution in [2.75, 3.05) is 0 Å². The van der Waals surface area contributed by atoms with Crippen molar-refractivity contribution in [1.29, 1.82) is 0 Å². The highest BCUT2D eigenvalue weighted by Crippen LogP contribution is 2.60. The maximum Gasteiger partial charge on any atom is 0.164 e. The lowest BCUT2D eigenvalue weighted by Gasteiger charge is -2.32. The summed E-state index contributed by atoms with van der Waals surface area (Å²) in [6.45, 7) is 0. The number of hydrogen-bond donors (Lipinski definition) is 0. The van der Waals surface area contributed by atoms with E-state index >= 15 is 0 Å². The summed E-state index contributed by atoms with van der Waals surface area (Å²) in [6, 6.07) is 62.0. The highest BCUT2D eigenvalue weighted by atomic mass is 32.2. The Kier molecular flexibility index (Phi) is 8.94.